The number of hydrogen-bond acceptors (Lipinski definition) is 1. The maximum Gasteiger partial charge on any atom is 0.0895 e. The summed E-state index contributed by atoms with van der Waals surface area (Å²) in [4.78, 5) is 6.20. The van der Waals surface area contributed by atoms with Gasteiger partial charge in [-0.15, -0.1) is 6.58 Å². The number of aryl methyl sites for hydroxylation is 1. The summed E-state index contributed by atoms with van der Waals surface area (Å²) in [7, 11) is 1.99. The monoisotopic (exact) mass is 188 g/mol. The van der Waals surface area contributed by atoms with Crippen LogP contribution in [0.1, 0.15) is 5.56 Å². The number of hydrogen-bond donors (Lipinski definition) is 0. The molecule has 0 aliphatic carbocycles. The molecule has 0 heterocycles. The minimum atomic E-state index is 0.663. The quantitative estimate of drug-likeness (QED) is 0.403. The van der Waals surface area contributed by atoms with E-state index in [2.05, 4.69) is 30.6 Å². The lowest BCUT2D eigenvalue weighted by Gasteiger charge is -2.15. The summed E-state index contributed by atoms with van der Waals surface area (Å²) in [5.41, 5.74) is 2.43. The summed E-state index contributed by atoms with van der Waals surface area (Å²) in [6, 6.07) is 8.23. The van der Waals surface area contributed by atoms with E-state index < -0.39 is 0 Å². The van der Waals surface area contributed by atoms with Gasteiger partial charge in [0.25, 0.3) is 0 Å². The predicted molar refractivity (Wildman–Crippen MR) is 63.1 cm³/mol. The summed E-state index contributed by atoms with van der Waals surface area (Å²) < 4.78 is 0. The summed E-state index contributed by atoms with van der Waals surface area (Å²) in [5, 5.41) is 0. The van der Waals surface area contributed by atoms with E-state index in [4.69, 9.17) is 0 Å². The Labute approximate surface area is 85.6 Å². The maximum atomic E-state index is 4.19. The van der Waals surface area contributed by atoms with Crippen LogP contribution in [0.3, 0.4) is 0 Å². The first-order valence-electron chi connectivity index (χ1n) is 4.65. The van der Waals surface area contributed by atoms with E-state index in [0.29, 0.717) is 6.54 Å². The lowest BCUT2D eigenvalue weighted by molar-refractivity contribution is 1.19. The molecule has 0 fully saturated rings. The lowest BCUT2D eigenvalue weighted by Crippen LogP contribution is -2.15. The van der Waals surface area contributed by atoms with Crippen LogP contribution in [0, 0.1) is 6.92 Å². The van der Waals surface area contributed by atoms with Crippen molar-refractivity contribution >= 4 is 12.0 Å². The van der Waals surface area contributed by atoms with Gasteiger partial charge >= 0.3 is 0 Å². The van der Waals surface area contributed by atoms with Crippen LogP contribution in [0.4, 0.5) is 5.69 Å². The van der Waals surface area contributed by atoms with Crippen molar-refractivity contribution in [2.24, 2.45) is 4.99 Å². The highest BCUT2D eigenvalue weighted by Gasteiger charge is 1.99. The van der Waals surface area contributed by atoms with Gasteiger partial charge < -0.3 is 4.90 Å². The van der Waals surface area contributed by atoms with E-state index >= 15 is 0 Å². The van der Waals surface area contributed by atoms with Gasteiger partial charge in [0.2, 0.25) is 0 Å². The summed E-state index contributed by atoms with van der Waals surface area (Å²) in [6.45, 7) is 6.37. The molecule has 0 saturated heterocycles. The standard InChI is InChI=1S/C12H16N2/c1-4-9-13-10-14(3)12-8-6-5-7-11(12)2/h4-8,10H,1,9H2,2-3H3. The molecule has 0 radical (unpaired) electrons. The summed E-state index contributed by atoms with van der Waals surface area (Å²) in [5.74, 6) is 0. The molecular formula is C12H16N2. The molecule has 0 unspecified atom stereocenters. The number of para-hydroxylation sites is 1. The molecule has 0 amide bonds. The molecule has 0 aliphatic rings. The Morgan fingerprint density at radius 1 is 1.43 bits per heavy atom. The van der Waals surface area contributed by atoms with Crippen LogP contribution in [0.2, 0.25) is 0 Å². The highest BCUT2D eigenvalue weighted by atomic mass is 15.1. The first-order chi connectivity index (χ1) is 6.75. The van der Waals surface area contributed by atoms with Crippen molar-refractivity contribution in [1.29, 1.82) is 0 Å². The van der Waals surface area contributed by atoms with Crippen LogP contribution in [0.25, 0.3) is 0 Å². The largest absolute Gasteiger partial charge is 0.336 e. The third kappa shape index (κ3) is 2.73. The third-order valence-electron chi connectivity index (χ3n) is 1.98. The average molecular weight is 188 g/mol. The molecule has 2 heteroatoms. The zero-order valence-electron chi connectivity index (χ0n) is 8.77. The van der Waals surface area contributed by atoms with Gasteiger partial charge in [0.05, 0.1) is 12.9 Å². The molecule has 0 aliphatic heterocycles. The Bertz CT molecular complexity index is 329. The number of nitrogens with zero attached hydrogens (tertiary/aromatic N) is 2. The number of benzene rings is 1. The maximum absolute atomic E-state index is 4.19. The highest BCUT2D eigenvalue weighted by molar-refractivity contribution is 5.79. The van der Waals surface area contributed by atoms with Gasteiger partial charge in [-0.05, 0) is 18.6 Å². The van der Waals surface area contributed by atoms with Crippen LogP contribution >= 0.6 is 0 Å². The lowest BCUT2D eigenvalue weighted by atomic mass is 10.2. The van der Waals surface area contributed by atoms with Gasteiger partial charge in [0.1, 0.15) is 0 Å². The van der Waals surface area contributed by atoms with E-state index in [1.165, 1.54) is 11.3 Å². The van der Waals surface area contributed by atoms with Crippen molar-refractivity contribution in [3.05, 3.63) is 42.5 Å². The fourth-order valence-electron chi connectivity index (χ4n) is 1.27. The van der Waals surface area contributed by atoms with Crippen molar-refractivity contribution in [3.8, 4) is 0 Å². The summed E-state index contributed by atoms with van der Waals surface area (Å²) >= 11 is 0. The third-order valence-corrected chi connectivity index (χ3v) is 1.98. The molecule has 0 bridgehead atoms. The van der Waals surface area contributed by atoms with Crippen molar-refractivity contribution in [3.63, 3.8) is 0 Å². The van der Waals surface area contributed by atoms with Crippen molar-refractivity contribution in [2.75, 3.05) is 18.5 Å². The molecule has 74 valence electrons. The first-order valence-corrected chi connectivity index (χ1v) is 4.65. The van der Waals surface area contributed by atoms with Crippen LogP contribution < -0.4 is 4.90 Å². The molecule has 0 saturated carbocycles. The van der Waals surface area contributed by atoms with Crippen LogP contribution in [-0.2, 0) is 0 Å². The van der Waals surface area contributed by atoms with Crippen LogP contribution in [0.5, 0.6) is 0 Å². The minimum Gasteiger partial charge on any atom is -0.336 e. The summed E-state index contributed by atoms with van der Waals surface area (Å²) in [6.07, 6.45) is 3.60. The zero-order chi connectivity index (χ0) is 10.4. The van der Waals surface area contributed by atoms with Gasteiger partial charge in [0.15, 0.2) is 0 Å². The molecule has 14 heavy (non-hydrogen) atoms. The Kier molecular flexibility index (Phi) is 3.92. The molecule has 1 aromatic carbocycles. The number of aliphatic imine (C=N–C) groups is 1. The molecule has 1 rings (SSSR count). The van der Waals surface area contributed by atoms with Crippen LogP contribution in [0.15, 0.2) is 41.9 Å². The molecule has 0 atom stereocenters. The van der Waals surface area contributed by atoms with Gasteiger partial charge in [-0.25, -0.2) is 0 Å². The molecule has 0 spiro atoms. The van der Waals surface area contributed by atoms with E-state index in [-0.39, 0.29) is 0 Å². The molecule has 2 nitrogen and oxygen atoms in total. The normalized spacial score (nSPS) is 10.4. The smallest absolute Gasteiger partial charge is 0.0895 e. The van der Waals surface area contributed by atoms with Gasteiger partial charge in [0, 0.05) is 12.7 Å². The van der Waals surface area contributed by atoms with Gasteiger partial charge in [-0.3, -0.25) is 4.99 Å². The van der Waals surface area contributed by atoms with E-state index in [1.807, 2.05) is 30.4 Å². The van der Waals surface area contributed by atoms with Crippen molar-refractivity contribution < 1.29 is 0 Å². The molecule has 1 aromatic rings. The predicted octanol–water partition coefficient (Wildman–Crippen LogP) is 2.65. The van der Waals surface area contributed by atoms with Crippen LogP contribution in [-0.4, -0.2) is 19.9 Å². The van der Waals surface area contributed by atoms with E-state index in [9.17, 15) is 0 Å². The Morgan fingerprint density at radius 2 is 2.14 bits per heavy atom. The molecule has 0 aromatic heterocycles. The molecule has 0 N–H and O–H groups in total. The van der Waals surface area contributed by atoms with E-state index in [0.717, 1.165) is 0 Å². The van der Waals surface area contributed by atoms with Gasteiger partial charge in [-0.2, -0.15) is 0 Å². The Morgan fingerprint density at radius 3 is 2.79 bits per heavy atom. The minimum absolute atomic E-state index is 0.663. The SMILES string of the molecule is C=CCN=CN(C)c1ccccc1C. The Balaban J connectivity index is 2.74. The molecular weight excluding hydrogens is 172 g/mol. The second-order valence-electron chi connectivity index (χ2n) is 3.17. The number of anilines is 1. The van der Waals surface area contributed by atoms with Crippen molar-refractivity contribution in [2.45, 2.75) is 6.92 Å². The Hall–Kier alpha value is -1.57. The first kappa shape index (κ1) is 10.5. The topological polar surface area (TPSA) is 15.6 Å². The zero-order valence-corrected chi connectivity index (χ0v) is 8.77. The average Bonchev–Trinajstić information content (AvgIpc) is 2.18. The second-order valence-corrected chi connectivity index (χ2v) is 3.17. The fourth-order valence-corrected chi connectivity index (χ4v) is 1.27. The van der Waals surface area contributed by atoms with E-state index in [1.54, 1.807) is 6.08 Å². The number of rotatable bonds is 4. The second kappa shape index (κ2) is 5.22. The fraction of sp³-hybridized carbons (Fsp3) is 0.250. The van der Waals surface area contributed by atoms with Gasteiger partial charge in [-0.1, -0.05) is 24.3 Å². The highest BCUT2D eigenvalue weighted by Crippen LogP contribution is 2.16. The van der Waals surface area contributed by atoms with Crippen molar-refractivity contribution in [1.82, 2.24) is 0 Å².